The molecule has 0 fully saturated rings. The smallest absolute Gasteiger partial charge is 0.166 e. The second-order valence-electron chi connectivity index (χ2n) is 36.2. The monoisotopic (exact) mass is 1820 g/mol. The molecule has 0 N–H and O–H groups in total. The largest absolute Gasteiger partial charge is 0.293 e. The number of rotatable bonds is 14. The predicted octanol–water partition coefficient (Wildman–Crippen LogP) is 34.2. The zero-order valence-electron chi connectivity index (χ0n) is 77.6. The summed E-state index contributed by atoms with van der Waals surface area (Å²) in [6.07, 6.45) is 0. The third-order valence-electron chi connectivity index (χ3n) is 27.6. The van der Waals surface area contributed by atoms with Crippen molar-refractivity contribution in [2.45, 2.75) is 0 Å². The first kappa shape index (κ1) is 84.2. The van der Waals surface area contributed by atoms with Crippen molar-refractivity contribution in [1.29, 1.82) is 0 Å². The fourth-order valence-corrected chi connectivity index (χ4v) is 20.6. The molecule has 7 aromatic heterocycles. The van der Waals surface area contributed by atoms with E-state index < -0.39 is 0 Å². The van der Waals surface area contributed by atoms with Crippen molar-refractivity contribution in [3.8, 4) is 140 Å². The van der Waals surface area contributed by atoms with E-state index in [1.165, 1.54) is 99.4 Å². The molecule has 0 amide bonds. The van der Waals surface area contributed by atoms with Gasteiger partial charge in [-0.1, -0.05) is 431 Å². The first-order valence-electron chi connectivity index (χ1n) is 48.4. The standard InChI is InChI=1S/C48H31N3.C43H28N4.C42H27N3/c1-3-12-33(13-4-1)39-17-7-8-18-40(39)35-24-22-32(23-25-35)36-26-29-44-45(31-36)49-47-43-19-9-10-21-46(43)51(48(47)50-44)38-27-28-42-37(30-38)16-11-20-41(42)34-14-5-2-6-15-34;1-3-12-30(13-4-1)34-16-7-8-17-35(34)31-24-22-29(23-25-31)33-26-27-38-39(28-33)45-42-36-18-9-10-20-40(36)47(43(42)46-38)41-21-11-19-37(44-41)32-14-5-2-6-15-32;1-2-11-30(12-3-1)35-14-6-7-15-36(35)31-20-18-29(19-21-31)33-23-25-38-39(27-33)43-41-37-16-8-9-17-40(37)45(42(41)44-38)34-24-22-28-10-4-5-13-32(28)26-34/h1-31H;1-28H;1-27H. The molecule has 0 aliphatic heterocycles. The van der Waals surface area contributed by atoms with E-state index >= 15 is 0 Å². The first-order chi connectivity index (χ1) is 70.9. The molecular weight excluding hydrogens is 1740 g/mol. The van der Waals surface area contributed by atoms with Crippen LogP contribution in [0.15, 0.2) is 522 Å². The number of hydrogen-bond acceptors (Lipinski definition) is 7. The molecular formula is C133H86N10. The average Bonchev–Trinajstić information content (AvgIpc) is 1.58. The Morgan fingerprint density at radius 3 is 0.832 bits per heavy atom. The minimum absolute atomic E-state index is 0.797. The predicted molar refractivity (Wildman–Crippen MR) is 594 cm³/mol. The maximum atomic E-state index is 5.28. The summed E-state index contributed by atoms with van der Waals surface area (Å²) in [4.78, 5) is 36.4. The van der Waals surface area contributed by atoms with Crippen LogP contribution in [-0.2, 0) is 0 Å². The molecule has 0 radical (unpaired) electrons. The topological polar surface area (TPSA) is 105 Å². The number of pyridine rings is 1. The van der Waals surface area contributed by atoms with E-state index in [0.29, 0.717) is 0 Å². The molecule has 10 heteroatoms. The van der Waals surface area contributed by atoms with Gasteiger partial charge in [0.05, 0.1) is 55.3 Å². The minimum Gasteiger partial charge on any atom is -0.293 e. The van der Waals surface area contributed by atoms with E-state index in [2.05, 4.69) is 505 Å². The van der Waals surface area contributed by atoms with Crippen LogP contribution in [0.5, 0.6) is 0 Å². The van der Waals surface area contributed by atoms with Crippen molar-refractivity contribution >= 4 is 121 Å². The molecule has 10 nitrogen and oxygen atoms in total. The maximum Gasteiger partial charge on any atom is 0.166 e. The highest BCUT2D eigenvalue weighted by molar-refractivity contribution is 6.12. The lowest BCUT2D eigenvalue weighted by Crippen LogP contribution is -2.00. The third-order valence-corrected chi connectivity index (χ3v) is 27.6. The van der Waals surface area contributed by atoms with E-state index in [1.54, 1.807) is 0 Å². The molecule has 0 saturated heterocycles. The Kier molecular flexibility index (Phi) is 21.4. The van der Waals surface area contributed by atoms with Gasteiger partial charge in [0.15, 0.2) is 16.9 Å². The van der Waals surface area contributed by atoms with Crippen LogP contribution in [0.25, 0.3) is 261 Å². The van der Waals surface area contributed by atoms with Crippen LogP contribution in [0.4, 0.5) is 0 Å². The van der Waals surface area contributed by atoms with Crippen molar-refractivity contribution < 1.29 is 0 Å². The van der Waals surface area contributed by atoms with Gasteiger partial charge in [-0.15, -0.1) is 0 Å². The molecule has 28 aromatic rings. The van der Waals surface area contributed by atoms with Crippen LogP contribution in [0.1, 0.15) is 0 Å². The summed E-state index contributed by atoms with van der Waals surface area (Å²) in [5.41, 5.74) is 41.6. The van der Waals surface area contributed by atoms with Crippen molar-refractivity contribution in [3.05, 3.63) is 522 Å². The summed E-state index contributed by atoms with van der Waals surface area (Å²) in [5.74, 6) is 0.816. The second kappa shape index (κ2) is 36.3. The number of fused-ring (bicyclic) bond motifs is 14. The summed E-state index contributed by atoms with van der Waals surface area (Å²) >= 11 is 0. The Balaban J connectivity index is 0.000000110. The lowest BCUT2D eigenvalue weighted by Gasteiger charge is -2.12. The van der Waals surface area contributed by atoms with Gasteiger partial charge in [-0.2, -0.15) is 0 Å². The highest BCUT2D eigenvalue weighted by Gasteiger charge is 2.24. The molecule has 0 bridgehead atoms. The number of hydrogen-bond donors (Lipinski definition) is 0. The van der Waals surface area contributed by atoms with E-state index in [1.807, 2.05) is 30.3 Å². The molecule has 0 aliphatic carbocycles. The Hall–Kier alpha value is -19.3. The fourth-order valence-electron chi connectivity index (χ4n) is 20.6. The molecule has 0 aliphatic rings. The van der Waals surface area contributed by atoms with E-state index in [0.717, 1.165) is 161 Å². The molecule has 0 atom stereocenters. The zero-order chi connectivity index (χ0) is 94.6. The van der Waals surface area contributed by atoms with Gasteiger partial charge in [0.25, 0.3) is 0 Å². The molecule has 668 valence electrons. The SMILES string of the molecule is c1ccc(-c2cccc(-n3c4ccccc4c4nc5cc(-c6ccc(-c7ccccc7-c7ccccc7)cc6)ccc5nc43)n2)cc1.c1ccc(-c2ccccc2-c2ccc(-c3ccc4nc5c(nc4c3)c3ccccc3n5-c3ccc4c(-c5ccccc5)cccc4c3)cc2)cc1.c1ccc(-c2ccccc2-c2ccc(-c3ccc4nc5c(nc4c3)c3ccccc3n5-c3ccc4ccccc4c3)cc2)cc1. The minimum atomic E-state index is 0.797. The number of aromatic nitrogens is 10. The Morgan fingerprint density at radius 1 is 0.140 bits per heavy atom. The van der Waals surface area contributed by atoms with Crippen LogP contribution >= 0.6 is 0 Å². The summed E-state index contributed by atoms with van der Waals surface area (Å²) in [5, 5.41) is 8.08. The highest BCUT2D eigenvalue weighted by Crippen LogP contribution is 2.44. The van der Waals surface area contributed by atoms with Crippen LogP contribution in [0, 0.1) is 0 Å². The van der Waals surface area contributed by atoms with Gasteiger partial charge >= 0.3 is 0 Å². The van der Waals surface area contributed by atoms with E-state index in [9.17, 15) is 0 Å². The van der Waals surface area contributed by atoms with Crippen LogP contribution in [0.3, 0.4) is 0 Å². The van der Waals surface area contributed by atoms with Crippen molar-refractivity contribution in [2.24, 2.45) is 0 Å². The summed E-state index contributed by atoms with van der Waals surface area (Å²) in [7, 11) is 0. The summed E-state index contributed by atoms with van der Waals surface area (Å²) < 4.78 is 6.62. The van der Waals surface area contributed by atoms with E-state index in [-0.39, 0.29) is 0 Å². The Labute approximate surface area is 825 Å². The Bertz CT molecular complexity index is 9750. The number of benzene rings is 21. The molecule has 0 saturated carbocycles. The van der Waals surface area contributed by atoms with Gasteiger partial charge < -0.3 is 0 Å². The molecule has 0 spiro atoms. The Morgan fingerprint density at radius 2 is 0.427 bits per heavy atom. The van der Waals surface area contributed by atoms with Gasteiger partial charge in [0.1, 0.15) is 22.4 Å². The van der Waals surface area contributed by atoms with Crippen molar-refractivity contribution in [3.63, 3.8) is 0 Å². The lowest BCUT2D eigenvalue weighted by atomic mass is 9.93. The van der Waals surface area contributed by atoms with Crippen LogP contribution < -0.4 is 0 Å². The third kappa shape index (κ3) is 15.8. The lowest BCUT2D eigenvalue weighted by molar-refractivity contribution is 1.06. The maximum absolute atomic E-state index is 5.28. The van der Waals surface area contributed by atoms with Gasteiger partial charge in [-0.3, -0.25) is 13.7 Å². The summed E-state index contributed by atoms with van der Waals surface area (Å²) in [6, 6.07) is 184. The molecule has 0 unspecified atom stereocenters. The van der Waals surface area contributed by atoms with Crippen molar-refractivity contribution in [2.75, 3.05) is 0 Å². The normalized spacial score (nSPS) is 11.5. The zero-order valence-corrected chi connectivity index (χ0v) is 77.6. The van der Waals surface area contributed by atoms with Crippen LogP contribution in [0.2, 0.25) is 0 Å². The van der Waals surface area contributed by atoms with Crippen LogP contribution in [-0.4, -0.2) is 48.6 Å². The quantitative estimate of drug-likeness (QED) is 0.107. The van der Waals surface area contributed by atoms with Gasteiger partial charge in [-0.25, -0.2) is 34.9 Å². The molecule has 28 rings (SSSR count). The van der Waals surface area contributed by atoms with Gasteiger partial charge in [0.2, 0.25) is 0 Å². The molecule has 21 aromatic carbocycles. The number of nitrogens with zero attached hydrogens (tertiary/aromatic N) is 10. The second-order valence-corrected chi connectivity index (χ2v) is 36.2. The first-order valence-corrected chi connectivity index (χ1v) is 48.4. The average molecular weight is 1820 g/mol. The molecule has 7 heterocycles. The van der Waals surface area contributed by atoms with E-state index in [4.69, 9.17) is 34.9 Å². The highest BCUT2D eigenvalue weighted by atomic mass is 15.1. The fraction of sp³-hybridized carbons (Fsp3) is 0. The van der Waals surface area contributed by atoms with Gasteiger partial charge in [0, 0.05) is 33.1 Å². The van der Waals surface area contributed by atoms with Crippen molar-refractivity contribution in [1.82, 2.24) is 48.6 Å². The van der Waals surface area contributed by atoms with Gasteiger partial charge in [-0.05, 0) is 224 Å². The number of para-hydroxylation sites is 3. The molecule has 143 heavy (non-hydrogen) atoms. The summed E-state index contributed by atoms with van der Waals surface area (Å²) in [6.45, 7) is 0.